The lowest BCUT2D eigenvalue weighted by molar-refractivity contribution is -0.124. The second kappa shape index (κ2) is 5.74. The van der Waals surface area contributed by atoms with Crippen molar-refractivity contribution in [2.24, 2.45) is 11.8 Å². The zero-order valence-electron chi connectivity index (χ0n) is 12.3. The second-order valence-electron chi connectivity index (χ2n) is 5.34. The van der Waals surface area contributed by atoms with Gasteiger partial charge in [0.25, 0.3) is 5.91 Å². The van der Waals surface area contributed by atoms with Crippen LogP contribution >= 0.6 is 0 Å². The number of ether oxygens (including phenoxy) is 2. The molecule has 0 radical (unpaired) electrons. The summed E-state index contributed by atoms with van der Waals surface area (Å²) in [7, 11) is 3.22. The summed E-state index contributed by atoms with van der Waals surface area (Å²) in [6.07, 6.45) is 1.61. The number of rotatable bonds is 6. The van der Waals surface area contributed by atoms with Crippen molar-refractivity contribution in [3.63, 3.8) is 0 Å². The Labute approximate surface area is 110 Å². The smallest absolute Gasteiger partial charge is 0.253 e. The van der Waals surface area contributed by atoms with E-state index in [1.807, 2.05) is 6.92 Å². The van der Waals surface area contributed by atoms with E-state index < -0.39 is 5.72 Å². The van der Waals surface area contributed by atoms with Gasteiger partial charge in [-0.3, -0.25) is 4.79 Å². The predicted octanol–water partition coefficient (Wildman–Crippen LogP) is 2.45. The van der Waals surface area contributed by atoms with Gasteiger partial charge in [-0.2, -0.15) is 0 Å². The zero-order valence-corrected chi connectivity index (χ0v) is 12.3. The highest BCUT2D eigenvalue weighted by atomic mass is 16.5. The quantitative estimate of drug-likeness (QED) is 0.793. The third kappa shape index (κ3) is 2.53. The Kier molecular flexibility index (Phi) is 4.79. The van der Waals surface area contributed by atoms with Gasteiger partial charge in [0.15, 0.2) is 11.5 Å². The molecule has 0 saturated heterocycles. The lowest BCUT2D eigenvalue weighted by Gasteiger charge is -2.31. The van der Waals surface area contributed by atoms with E-state index in [-0.39, 0.29) is 11.8 Å². The molecule has 1 aliphatic rings. The van der Waals surface area contributed by atoms with E-state index in [0.717, 1.165) is 12.0 Å². The Bertz CT molecular complexity index is 349. The molecule has 2 unspecified atom stereocenters. The Morgan fingerprint density at radius 2 is 1.89 bits per heavy atom. The number of carbonyl (C=O) groups is 1. The van der Waals surface area contributed by atoms with Crippen LogP contribution in [0.4, 0.5) is 0 Å². The van der Waals surface area contributed by atoms with Gasteiger partial charge in [-0.1, -0.05) is 27.7 Å². The molecule has 0 aliphatic carbocycles. The van der Waals surface area contributed by atoms with Crippen LogP contribution in [-0.4, -0.2) is 25.9 Å². The number of nitrogens with one attached hydrogen (secondary N) is 1. The molecule has 0 aromatic rings. The van der Waals surface area contributed by atoms with Gasteiger partial charge < -0.3 is 14.8 Å². The average Bonchev–Trinajstić information content (AvgIpc) is 2.59. The maximum absolute atomic E-state index is 12.2. The maximum Gasteiger partial charge on any atom is 0.253 e. The van der Waals surface area contributed by atoms with Crippen LogP contribution in [0.2, 0.25) is 0 Å². The molecule has 0 bridgehead atoms. The first-order valence-electron chi connectivity index (χ1n) is 6.58. The summed E-state index contributed by atoms with van der Waals surface area (Å²) in [4.78, 5) is 12.2. The van der Waals surface area contributed by atoms with E-state index in [1.54, 1.807) is 14.2 Å². The van der Waals surface area contributed by atoms with Gasteiger partial charge in [0, 0.05) is 13.5 Å². The molecule has 0 fully saturated rings. The molecular weight excluding hydrogens is 230 g/mol. The van der Waals surface area contributed by atoms with E-state index >= 15 is 0 Å². The van der Waals surface area contributed by atoms with Crippen LogP contribution in [0.5, 0.6) is 0 Å². The van der Waals surface area contributed by atoms with Gasteiger partial charge in [0.1, 0.15) is 0 Å². The molecule has 1 aliphatic heterocycles. The molecule has 1 heterocycles. The fourth-order valence-corrected chi connectivity index (χ4v) is 2.50. The van der Waals surface area contributed by atoms with Gasteiger partial charge >= 0.3 is 0 Å². The molecule has 1 rings (SSSR count). The van der Waals surface area contributed by atoms with Crippen molar-refractivity contribution in [1.82, 2.24) is 5.32 Å². The van der Waals surface area contributed by atoms with Crippen molar-refractivity contribution in [3.05, 3.63) is 11.3 Å². The van der Waals surface area contributed by atoms with Gasteiger partial charge in [-0.05, 0) is 18.3 Å². The molecule has 2 atom stereocenters. The second-order valence-corrected chi connectivity index (χ2v) is 5.34. The summed E-state index contributed by atoms with van der Waals surface area (Å²) >= 11 is 0. The predicted molar refractivity (Wildman–Crippen MR) is 70.8 cm³/mol. The number of carbonyl (C=O) groups excluding carboxylic acids is 1. The van der Waals surface area contributed by atoms with E-state index in [2.05, 4.69) is 26.1 Å². The minimum Gasteiger partial charge on any atom is -0.495 e. The van der Waals surface area contributed by atoms with Crippen molar-refractivity contribution in [2.75, 3.05) is 14.2 Å². The molecule has 0 spiro atoms. The Morgan fingerprint density at radius 3 is 2.28 bits per heavy atom. The fourth-order valence-electron chi connectivity index (χ4n) is 2.50. The van der Waals surface area contributed by atoms with Crippen LogP contribution in [-0.2, 0) is 14.3 Å². The summed E-state index contributed by atoms with van der Waals surface area (Å²) in [6, 6.07) is 0. The minimum absolute atomic E-state index is 0.0660. The Hall–Kier alpha value is -1.03. The average molecular weight is 255 g/mol. The summed E-state index contributed by atoms with van der Waals surface area (Å²) in [5.74, 6) is 1.15. The number of hydrogen-bond donors (Lipinski definition) is 1. The number of hydrogen-bond acceptors (Lipinski definition) is 3. The fraction of sp³-hybridized carbons (Fsp3) is 0.786. The number of methoxy groups -OCH3 is 2. The third-order valence-corrected chi connectivity index (χ3v) is 3.52. The molecule has 18 heavy (non-hydrogen) atoms. The maximum atomic E-state index is 12.2. The lowest BCUT2D eigenvalue weighted by Crippen LogP contribution is -2.47. The van der Waals surface area contributed by atoms with E-state index in [0.29, 0.717) is 18.1 Å². The third-order valence-electron chi connectivity index (χ3n) is 3.52. The molecule has 1 N–H and O–H groups in total. The monoisotopic (exact) mass is 255 g/mol. The topological polar surface area (TPSA) is 47.6 Å². The highest BCUT2D eigenvalue weighted by Gasteiger charge is 2.48. The van der Waals surface area contributed by atoms with Crippen LogP contribution in [0.25, 0.3) is 0 Å². The van der Waals surface area contributed by atoms with Gasteiger partial charge in [-0.15, -0.1) is 0 Å². The van der Waals surface area contributed by atoms with Crippen LogP contribution < -0.4 is 5.32 Å². The van der Waals surface area contributed by atoms with Gasteiger partial charge in [0.05, 0.1) is 12.7 Å². The van der Waals surface area contributed by atoms with Crippen LogP contribution in [0.3, 0.4) is 0 Å². The van der Waals surface area contributed by atoms with E-state index in [4.69, 9.17) is 9.47 Å². The summed E-state index contributed by atoms with van der Waals surface area (Å²) in [6.45, 7) is 8.30. The highest BCUT2D eigenvalue weighted by Crippen LogP contribution is 2.37. The molecule has 1 amide bonds. The van der Waals surface area contributed by atoms with Crippen molar-refractivity contribution < 1.29 is 14.3 Å². The lowest BCUT2D eigenvalue weighted by atomic mass is 9.93. The van der Waals surface area contributed by atoms with Gasteiger partial charge in [0.2, 0.25) is 0 Å². The Morgan fingerprint density at radius 1 is 1.28 bits per heavy atom. The van der Waals surface area contributed by atoms with Crippen molar-refractivity contribution in [3.8, 4) is 0 Å². The SMILES string of the molecule is CCC(C)C1=C(OC)C(CC(C)C)(OC)NC1=O. The van der Waals surface area contributed by atoms with E-state index in [9.17, 15) is 4.79 Å². The molecule has 104 valence electrons. The van der Waals surface area contributed by atoms with Crippen molar-refractivity contribution in [2.45, 2.75) is 46.3 Å². The molecule has 4 nitrogen and oxygen atoms in total. The standard InChI is InChI=1S/C14H25NO3/c1-7-10(4)11-12(17-5)14(18-6,8-9(2)3)15-13(11)16/h9-10H,7-8H2,1-6H3,(H,15,16). The minimum atomic E-state index is -0.793. The normalized spacial score (nSPS) is 25.6. The summed E-state index contributed by atoms with van der Waals surface area (Å²) in [5, 5.41) is 2.95. The summed E-state index contributed by atoms with van der Waals surface area (Å²) < 4.78 is 11.1. The molecular formula is C14H25NO3. The molecule has 0 saturated carbocycles. The van der Waals surface area contributed by atoms with Crippen LogP contribution in [0, 0.1) is 11.8 Å². The molecule has 0 aromatic heterocycles. The first-order valence-corrected chi connectivity index (χ1v) is 6.58. The highest BCUT2D eigenvalue weighted by molar-refractivity contribution is 5.98. The van der Waals surface area contributed by atoms with Crippen LogP contribution in [0.1, 0.15) is 40.5 Å². The van der Waals surface area contributed by atoms with E-state index in [1.165, 1.54) is 0 Å². The van der Waals surface area contributed by atoms with Crippen molar-refractivity contribution >= 4 is 5.91 Å². The van der Waals surface area contributed by atoms with Crippen molar-refractivity contribution in [1.29, 1.82) is 0 Å². The molecule has 4 heteroatoms. The largest absolute Gasteiger partial charge is 0.495 e. The summed E-state index contributed by atoms with van der Waals surface area (Å²) in [5.41, 5.74) is -0.0684. The molecule has 0 aromatic carbocycles. The zero-order chi connectivity index (χ0) is 13.9. The first kappa shape index (κ1) is 15.0. The van der Waals surface area contributed by atoms with Gasteiger partial charge in [-0.25, -0.2) is 0 Å². The first-order chi connectivity index (χ1) is 8.41. The Balaban J connectivity index is 3.22. The van der Waals surface area contributed by atoms with Crippen LogP contribution in [0.15, 0.2) is 11.3 Å². The number of amides is 1.